The molecule has 1 aromatic carbocycles. The summed E-state index contributed by atoms with van der Waals surface area (Å²) in [6, 6.07) is 9.36. The van der Waals surface area contributed by atoms with Crippen LogP contribution in [0.3, 0.4) is 0 Å². The summed E-state index contributed by atoms with van der Waals surface area (Å²) < 4.78 is 5.22. The van der Waals surface area contributed by atoms with Crippen LogP contribution in [0.25, 0.3) is 0 Å². The first kappa shape index (κ1) is 14.9. The normalized spacial score (nSPS) is 32.5. The molecule has 2 nitrogen and oxygen atoms in total. The fraction of sp³-hybridized carbons (Fsp3) is 0.684. The lowest BCUT2D eigenvalue weighted by molar-refractivity contribution is 0.232. The van der Waals surface area contributed by atoms with Crippen LogP contribution in [0.15, 0.2) is 24.3 Å². The van der Waals surface area contributed by atoms with Crippen LogP contribution < -0.4 is 10.1 Å². The van der Waals surface area contributed by atoms with Crippen molar-refractivity contribution in [3.63, 3.8) is 0 Å². The van der Waals surface area contributed by atoms with Crippen LogP contribution in [0.2, 0.25) is 0 Å². The van der Waals surface area contributed by atoms with E-state index in [1.54, 1.807) is 7.11 Å². The molecule has 0 amide bonds. The van der Waals surface area contributed by atoms with Crippen molar-refractivity contribution in [1.29, 1.82) is 0 Å². The van der Waals surface area contributed by atoms with E-state index in [9.17, 15) is 0 Å². The Morgan fingerprint density at radius 2 is 1.86 bits per heavy atom. The molecule has 3 rings (SSSR count). The van der Waals surface area contributed by atoms with Crippen molar-refractivity contribution in [1.82, 2.24) is 5.32 Å². The summed E-state index contributed by atoms with van der Waals surface area (Å²) in [5.41, 5.74) is 1.47. The first-order valence-electron chi connectivity index (χ1n) is 8.62. The highest BCUT2D eigenvalue weighted by Crippen LogP contribution is 2.38. The number of ether oxygens (including phenoxy) is 1. The molecule has 0 heterocycles. The number of benzene rings is 1. The van der Waals surface area contributed by atoms with Gasteiger partial charge in [-0.1, -0.05) is 31.9 Å². The van der Waals surface area contributed by atoms with Gasteiger partial charge in [0.05, 0.1) is 7.11 Å². The summed E-state index contributed by atoms with van der Waals surface area (Å²) in [4.78, 5) is 0. The molecule has 2 fully saturated rings. The van der Waals surface area contributed by atoms with Gasteiger partial charge in [-0.05, 0) is 67.7 Å². The molecule has 0 bridgehead atoms. The number of rotatable bonds is 5. The van der Waals surface area contributed by atoms with Gasteiger partial charge in [0.1, 0.15) is 5.75 Å². The van der Waals surface area contributed by atoms with Crippen molar-refractivity contribution >= 4 is 0 Å². The van der Waals surface area contributed by atoms with Crippen molar-refractivity contribution in [2.45, 2.75) is 57.4 Å². The van der Waals surface area contributed by atoms with Crippen molar-refractivity contribution in [2.24, 2.45) is 11.8 Å². The molecule has 0 saturated heterocycles. The highest BCUT2D eigenvalue weighted by molar-refractivity contribution is 5.30. The average Bonchev–Trinajstić information content (AvgIpc) is 2.46. The largest absolute Gasteiger partial charge is 0.497 e. The minimum absolute atomic E-state index is 0.745. The van der Waals surface area contributed by atoms with Crippen molar-refractivity contribution in [3.05, 3.63) is 29.8 Å². The second-order valence-corrected chi connectivity index (χ2v) is 7.18. The Balaban J connectivity index is 1.39. The molecule has 2 aliphatic rings. The third kappa shape index (κ3) is 3.79. The van der Waals surface area contributed by atoms with E-state index in [2.05, 4.69) is 36.5 Å². The van der Waals surface area contributed by atoms with Gasteiger partial charge in [0.25, 0.3) is 0 Å². The zero-order valence-electron chi connectivity index (χ0n) is 13.5. The molecule has 0 radical (unpaired) electrons. The van der Waals surface area contributed by atoms with Crippen molar-refractivity contribution < 1.29 is 4.74 Å². The third-order valence-corrected chi connectivity index (χ3v) is 5.47. The van der Waals surface area contributed by atoms with E-state index >= 15 is 0 Å². The van der Waals surface area contributed by atoms with E-state index in [1.165, 1.54) is 50.6 Å². The number of hydrogen-bond acceptors (Lipinski definition) is 2. The van der Waals surface area contributed by atoms with E-state index in [4.69, 9.17) is 4.74 Å². The van der Waals surface area contributed by atoms with Gasteiger partial charge < -0.3 is 10.1 Å². The first-order valence-corrected chi connectivity index (χ1v) is 8.62. The van der Waals surface area contributed by atoms with Gasteiger partial charge in [0.15, 0.2) is 0 Å². The van der Waals surface area contributed by atoms with E-state index in [1.807, 2.05) is 0 Å². The molecule has 2 heteroatoms. The second-order valence-electron chi connectivity index (χ2n) is 7.18. The van der Waals surface area contributed by atoms with Gasteiger partial charge in [-0.2, -0.15) is 0 Å². The van der Waals surface area contributed by atoms with Crippen LogP contribution in [0.5, 0.6) is 5.75 Å². The van der Waals surface area contributed by atoms with Crippen molar-refractivity contribution in [2.75, 3.05) is 13.7 Å². The third-order valence-electron chi connectivity index (χ3n) is 5.47. The molecule has 1 N–H and O–H groups in total. The average molecular weight is 287 g/mol. The minimum atomic E-state index is 0.745. The summed E-state index contributed by atoms with van der Waals surface area (Å²) in [5, 5.41) is 3.81. The molecule has 2 atom stereocenters. The molecule has 2 aliphatic carbocycles. The molecule has 0 spiro atoms. The molecule has 2 unspecified atom stereocenters. The Morgan fingerprint density at radius 3 is 2.52 bits per heavy atom. The topological polar surface area (TPSA) is 21.3 Å². The van der Waals surface area contributed by atoms with Gasteiger partial charge >= 0.3 is 0 Å². The second kappa shape index (κ2) is 6.83. The monoisotopic (exact) mass is 287 g/mol. The fourth-order valence-corrected chi connectivity index (χ4v) is 4.01. The summed E-state index contributed by atoms with van der Waals surface area (Å²) in [5.74, 6) is 3.57. The van der Waals surface area contributed by atoms with E-state index in [0.717, 1.165) is 29.5 Å². The molecule has 1 aromatic rings. The predicted octanol–water partition coefficient (Wildman–Crippen LogP) is 4.36. The van der Waals surface area contributed by atoms with Crippen LogP contribution in [0.1, 0.15) is 56.9 Å². The lowest BCUT2D eigenvalue weighted by Crippen LogP contribution is -2.42. The zero-order valence-corrected chi connectivity index (χ0v) is 13.5. The van der Waals surface area contributed by atoms with Gasteiger partial charge in [-0.3, -0.25) is 0 Å². The summed E-state index contributed by atoms with van der Waals surface area (Å²) in [7, 11) is 1.73. The van der Waals surface area contributed by atoms with E-state index in [0.29, 0.717) is 0 Å². The molecule has 0 aliphatic heterocycles. The number of methoxy groups -OCH3 is 1. The Hall–Kier alpha value is -1.02. The zero-order chi connectivity index (χ0) is 14.7. The maximum Gasteiger partial charge on any atom is 0.118 e. The van der Waals surface area contributed by atoms with Crippen LogP contribution >= 0.6 is 0 Å². The van der Waals surface area contributed by atoms with Gasteiger partial charge in [-0.15, -0.1) is 0 Å². The maximum absolute atomic E-state index is 5.22. The number of hydrogen-bond donors (Lipinski definition) is 1. The SMILES string of the molecule is COc1ccc(C2CC(NCC3CCCC(C)C3)C2)cc1. The standard InChI is InChI=1S/C19H29NO/c1-14-4-3-5-15(10-14)13-20-18-11-17(12-18)16-6-8-19(21-2)9-7-16/h6-9,14-15,17-18,20H,3-5,10-13H2,1-2H3. The smallest absolute Gasteiger partial charge is 0.118 e. The Kier molecular flexibility index (Phi) is 4.84. The number of nitrogens with one attached hydrogen (secondary N) is 1. The lowest BCUT2D eigenvalue weighted by Gasteiger charge is -2.38. The van der Waals surface area contributed by atoms with E-state index in [-0.39, 0.29) is 0 Å². The molecule has 116 valence electrons. The summed E-state index contributed by atoms with van der Waals surface area (Å²) in [6.45, 7) is 3.65. The first-order chi connectivity index (χ1) is 10.2. The maximum atomic E-state index is 5.22. The van der Waals surface area contributed by atoms with E-state index < -0.39 is 0 Å². The summed E-state index contributed by atoms with van der Waals surface area (Å²) >= 11 is 0. The van der Waals surface area contributed by atoms with Gasteiger partial charge in [0, 0.05) is 6.04 Å². The molecular weight excluding hydrogens is 258 g/mol. The highest BCUT2D eigenvalue weighted by Gasteiger charge is 2.30. The van der Waals surface area contributed by atoms with Gasteiger partial charge in [-0.25, -0.2) is 0 Å². The summed E-state index contributed by atoms with van der Waals surface area (Å²) in [6.07, 6.45) is 8.35. The molecular formula is C19H29NO. The molecule has 2 saturated carbocycles. The Morgan fingerprint density at radius 1 is 1.10 bits per heavy atom. The van der Waals surface area contributed by atoms with Gasteiger partial charge in [0.2, 0.25) is 0 Å². The predicted molar refractivity (Wildman–Crippen MR) is 87.9 cm³/mol. The van der Waals surface area contributed by atoms with Crippen LogP contribution in [-0.4, -0.2) is 19.7 Å². The fourth-order valence-electron chi connectivity index (χ4n) is 4.01. The quantitative estimate of drug-likeness (QED) is 0.869. The Labute approximate surface area is 129 Å². The van der Waals surface area contributed by atoms with Crippen LogP contribution in [0.4, 0.5) is 0 Å². The minimum Gasteiger partial charge on any atom is -0.497 e. The van der Waals surface area contributed by atoms with Crippen molar-refractivity contribution in [3.8, 4) is 5.75 Å². The molecule has 0 aromatic heterocycles. The van der Waals surface area contributed by atoms with Crippen LogP contribution in [-0.2, 0) is 0 Å². The Bertz CT molecular complexity index is 435. The van der Waals surface area contributed by atoms with Crippen LogP contribution in [0, 0.1) is 11.8 Å². The highest BCUT2D eigenvalue weighted by atomic mass is 16.5. The lowest BCUT2D eigenvalue weighted by atomic mass is 9.75. The molecule has 21 heavy (non-hydrogen) atoms.